The third kappa shape index (κ3) is 4.48. The quantitative estimate of drug-likeness (QED) is 0.298. The number of ether oxygens (including phenoxy) is 1. The van der Waals surface area contributed by atoms with Crippen LogP contribution < -0.4 is 4.74 Å². The van der Waals surface area contributed by atoms with Crippen molar-refractivity contribution in [1.82, 2.24) is 14.8 Å². The highest BCUT2D eigenvalue weighted by molar-refractivity contribution is 7.98. The van der Waals surface area contributed by atoms with Crippen molar-refractivity contribution in [2.24, 2.45) is 0 Å². The number of rotatable bonds is 6. The maximum absolute atomic E-state index is 6.16. The van der Waals surface area contributed by atoms with Gasteiger partial charge in [-0.2, -0.15) is 0 Å². The van der Waals surface area contributed by atoms with E-state index in [0.717, 1.165) is 33.5 Å². The number of aryl methyl sites for hydroxylation is 1. The fourth-order valence-corrected chi connectivity index (χ4v) is 4.21. The molecule has 0 saturated heterocycles. The van der Waals surface area contributed by atoms with Crippen LogP contribution in [0.1, 0.15) is 11.1 Å². The van der Waals surface area contributed by atoms with Gasteiger partial charge >= 0.3 is 0 Å². The minimum Gasteiger partial charge on any atom is -0.497 e. The van der Waals surface area contributed by atoms with Crippen molar-refractivity contribution in [3.8, 4) is 22.8 Å². The molecule has 4 nitrogen and oxygen atoms in total. The van der Waals surface area contributed by atoms with Crippen molar-refractivity contribution >= 4 is 35.0 Å². The molecule has 4 aromatic rings. The van der Waals surface area contributed by atoms with Gasteiger partial charge < -0.3 is 4.74 Å². The van der Waals surface area contributed by atoms with Gasteiger partial charge in [-0.25, -0.2) is 0 Å². The minimum absolute atomic E-state index is 0.550. The second kappa shape index (κ2) is 9.13. The highest BCUT2D eigenvalue weighted by atomic mass is 35.5. The number of hydrogen-bond acceptors (Lipinski definition) is 4. The SMILES string of the molecule is COc1ccc(-c2nnc(SCc3ccc(Cl)c(Cl)c3)n2-c2ccc(C)cc2)cc1. The molecular weight excluding hydrogens is 437 g/mol. The van der Waals surface area contributed by atoms with Crippen LogP contribution in [-0.4, -0.2) is 21.9 Å². The summed E-state index contributed by atoms with van der Waals surface area (Å²) < 4.78 is 7.35. The normalized spacial score (nSPS) is 10.9. The maximum Gasteiger partial charge on any atom is 0.196 e. The largest absolute Gasteiger partial charge is 0.497 e. The van der Waals surface area contributed by atoms with Crippen molar-refractivity contribution < 1.29 is 4.74 Å². The molecule has 0 aliphatic heterocycles. The van der Waals surface area contributed by atoms with Gasteiger partial charge in [0.1, 0.15) is 5.75 Å². The molecule has 4 rings (SSSR count). The van der Waals surface area contributed by atoms with E-state index in [9.17, 15) is 0 Å². The Morgan fingerprint density at radius 3 is 2.30 bits per heavy atom. The highest BCUT2D eigenvalue weighted by Gasteiger charge is 2.16. The van der Waals surface area contributed by atoms with Crippen LogP contribution in [0.2, 0.25) is 10.0 Å². The molecule has 1 aromatic heterocycles. The number of thioether (sulfide) groups is 1. The molecule has 0 spiro atoms. The molecule has 30 heavy (non-hydrogen) atoms. The molecule has 0 amide bonds. The van der Waals surface area contributed by atoms with E-state index in [2.05, 4.69) is 46.0 Å². The van der Waals surface area contributed by atoms with Crippen LogP contribution >= 0.6 is 35.0 Å². The molecule has 0 saturated carbocycles. The van der Waals surface area contributed by atoms with Crippen molar-refractivity contribution in [3.63, 3.8) is 0 Å². The molecule has 7 heteroatoms. The fraction of sp³-hybridized carbons (Fsp3) is 0.130. The van der Waals surface area contributed by atoms with Gasteiger partial charge in [0.15, 0.2) is 11.0 Å². The summed E-state index contributed by atoms with van der Waals surface area (Å²) >= 11 is 13.8. The predicted molar refractivity (Wildman–Crippen MR) is 124 cm³/mol. The zero-order chi connectivity index (χ0) is 21.1. The second-order valence-corrected chi connectivity index (χ2v) is 8.50. The van der Waals surface area contributed by atoms with Gasteiger partial charge in [-0.1, -0.05) is 58.7 Å². The zero-order valence-corrected chi connectivity index (χ0v) is 18.8. The lowest BCUT2D eigenvalue weighted by molar-refractivity contribution is 0.415. The summed E-state index contributed by atoms with van der Waals surface area (Å²) in [6.07, 6.45) is 0. The molecule has 0 atom stereocenters. The third-order valence-corrected chi connectivity index (χ3v) is 6.36. The standard InChI is InChI=1S/C23H19Cl2N3OS/c1-15-3-8-18(9-4-15)28-22(17-6-10-19(29-2)11-7-17)26-27-23(28)30-14-16-5-12-20(24)21(25)13-16/h3-13H,14H2,1-2H3. The van der Waals surface area contributed by atoms with Crippen molar-refractivity contribution in [1.29, 1.82) is 0 Å². The average Bonchev–Trinajstić information content (AvgIpc) is 3.19. The molecule has 0 N–H and O–H groups in total. The van der Waals surface area contributed by atoms with Crippen LogP contribution in [0.3, 0.4) is 0 Å². The Bertz CT molecular complexity index is 1160. The Kier molecular flexibility index (Phi) is 6.32. The Balaban J connectivity index is 1.71. The van der Waals surface area contributed by atoms with Gasteiger partial charge in [0.05, 0.1) is 17.2 Å². The lowest BCUT2D eigenvalue weighted by Crippen LogP contribution is -2.00. The first kappa shape index (κ1) is 20.8. The lowest BCUT2D eigenvalue weighted by atomic mass is 10.2. The molecule has 152 valence electrons. The summed E-state index contributed by atoms with van der Waals surface area (Å²) in [4.78, 5) is 0. The van der Waals surface area contributed by atoms with Crippen molar-refractivity contribution in [2.45, 2.75) is 17.8 Å². The molecule has 0 aliphatic carbocycles. The van der Waals surface area contributed by atoms with E-state index in [0.29, 0.717) is 15.8 Å². The van der Waals surface area contributed by atoms with E-state index in [4.69, 9.17) is 27.9 Å². The number of methoxy groups -OCH3 is 1. The van der Waals surface area contributed by atoms with Crippen molar-refractivity contribution in [2.75, 3.05) is 7.11 Å². The lowest BCUT2D eigenvalue weighted by Gasteiger charge is -2.11. The van der Waals surface area contributed by atoms with Crippen LogP contribution in [0.25, 0.3) is 17.1 Å². The van der Waals surface area contributed by atoms with Crippen LogP contribution in [0, 0.1) is 6.92 Å². The number of nitrogens with zero attached hydrogens (tertiary/aromatic N) is 3. The van der Waals surface area contributed by atoms with Gasteiger partial charge in [0, 0.05) is 17.0 Å². The molecule has 1 heterocycles. The number of hydrogen-bond donors (Lipinski definition) is 0. The summed E-state index contributed by atoms with van der Waals surface area (Å²) in [5.41, 5.74) is 4.24. The van der Waals surface area contributed by atoms with Crippen LogP contribution in [0.4, 0.5) is 0 Å². The molecule has 0 bridgehead atoms. The van der Waals surface area contributed by atoms with Gasteiger partial charge in [0.2, 0.25) is 0 Å². The Hall–Kier alpha value is -2.47. The van der Waals surface area contributed by atoms with E-state index >= 15 is 0 Å². The number of benzene rings is 3. The van der Waals surface area contributed by atoms with Gasteiger partial charge in [-0.3, -0.25) is 4.57 Å². The smallest absolute Gasteiger partial charge is 0.196 e. The summed E-state index contributed by atoms with van der Waals surface area (Å²) in [5, 5.41) is 10.9. The predicted octanol–water partition coefficient (Wildman–Crippen LogP) is 6.85. The molecule has 0 unspecified atom stereocenters. The van der Waals surface area contributed by atoms with Gasteiger partial charge in [-0.05, 0) is 61.0 Å². The van der Waals surface area contributed by atoms with E-state index in [1.807, 2.05) is 42.5 Å². The average molecular weight is 456 g/mol. The van der Waals surface area contributed by atoms with E-state index in [1.54, 1.807) is 18.9 Å². The first-order valence-electron chi connectivity index (χ1n) is 9.29. The van der Waals surface area contributed by atoms with Crippen LogP contribution in [0.15, 0.2) is 71.9 Å². The third-order valence-electron chi connectivity index (χ3n) is 4.63. The molecule has 3 aromatic carbocycles. The Morgan fingerprint density at radius 1 is 0.900 bits per heavy atom. The first-order chi connectivity index (χ1) is 14.5. The summed E-state index contributed by atoms with van der Waals surface area (Å²) in [5.74, 6) is 2.27. The molecule has 0 radical (unpaired) electrons. The maximum atomic E-state index is 6.16. The summed E-state index contributed by atoms with van der Waals surface area (Å²) in [6.45, 7) is 2.07. The fourth-order valence-electron chi connectivity index (χ4n) is 2.99. The van der Waals surface area contributed by atoms with Crippen molar-refractivity contribution in [3.05, 3.63) is 87.9 Å². The topological polar surface area (TPSA) is 39.9 Å². The van der Waals surface area contributed by atoms with Crippen LogP contribution in [0.5, 0.6) is 5.75 Å². The number of halogens is 2. The Labute approximate surface area is 189 Å². The first-order valence-corrected chi connectivity index (χ1v) is 11.0. The summed E-state index contributed by atoms with van der Waals surface area (Å²) in [7, 11) is 1.65. The van der Waals surface area contributed by atoms with E-state index in [-0.39, 0.29) is 0 Å². The highest BCUT2D eigenvalue weighted by Crippen LogP contribution is 2.32. The minimum atomic E-state index is 0.550. The number of aromatic nitrogens is 3. The van der Waals surface area contributed by atoms with E-state index < -0.39 is 0 Å². The molecule has 0 fully saturated rings. The van der Waals surface area contributed by atoms with Gasteiger partial charge in [-0.15, -0.1) is 10.2 Å². The summed E-state index contributed by atoms with van der Waals surface area (Å²) in [6, 6.07) is 21.8. The zero-order valence-electron chi connectivity index (χ0n) is 16.5. The van der Waals surface area contributed by atoms with Crippen LogP contribution in [-0.2, 0) is 5.75 Å². The van der Waals surface area contributed by atoms with E-state index in [1.165, 1.54) is 5.56 Å². The molecular formula is C23H19Cl2N3OS. The van der Waals surface area contributed by atoms with Gasteiger partial charge in [0.25, 0.3) is 0 Å². The second-order valence-electron chi connectivity index (χ2n) is 6.74. The monoisotopic (exact) mass is 455 g/mol. The molecule has 0 aliphatic rings. The Morgan fingerprint density at radius 2 is 1.63 bits per heavy atom.